The SMILES string of the molecule is COC(=O)c1cc(/C=C/c2ncc(/C=C/C(=O)O)s2)c[nH]1. The van der Waals surface area contributed by atoms with Crippen molar-refractivity contribution in [3.8, 4) is 0 Å². The molecule has 0 amide bonds. The minimum absolute atomic E-state index is 0.376. The molecule has 2 rings (SSSR count). The van der Waals surface area contributed by atoms with Gasteiger partial charge in [-0.25, -0.2) is 14.6 Å². The Labute approximate surface area is 124 Å². The normalized spacial score (nSPS) is 11.3. The lowest BCUT2D eigenvalue weighted by Gasteiger charge is -1.91. The number of hydrogen-bond acceptors (Lipinski definition) is 5. The summed E-state index contributed by atoms with van der Waals surface area (Å²) in [7, 11) is 1.32. The monoisotopic (exact) mass is 304 g/mol. The minimum atomic E-state index is -0.997. The van der Waals surface area contributed by atoms with E-state index in [0.29, 0.717) is 5.69 Å². The summed E-state index contributed by atoms with van der Waals surface area (Å²) in [4.78, 5) is 29.4. The predicted octanol–water partition coefficient (Wildman–Crippen LogP) is 2.53. The number of aromatic nitrogens is 2. The van der Waals surface area contributed by atoms with E-state index < -0.39 is 11.9 Å². The van der Waals surface area contributed by atoms with Crippen LogP contribution >= 0.6 is 11.3 Å². The Bertz CT molecular complexity index is 712. The van der Waals surface area contributed by atoms with Crippen LogP contribution in [-0.4, -0.2) is 34.1 Å². The van der Waals surface area contributed by atoms with E-state index >= 15 is 0 Å². The number of hydrogen-bond donors (Lipinski definition) is 2. The van der Waals surface area contributed by atoms with Crippen LogP contribution in [-0.2, 0) is 9.53 Å². The first-order chi connectivity index (χ1) is 10.1. The van der Waals surface area contributed by atoms with E-state index in [-0.39, 0.29) is 0 Å². The van der Waals surface area contributed by atoms with Gasteiger partial charge in [-0.05, 0) is 23.8 Å². The van der Waals surface area contributed by atoms with Gasteiger partial charge in [0.25, 0.3) is 0 Å². The van der Waals surface area contributed by atoms with E-state index in [2.05, 4.69) is 14.7 Å². The Morgan fingerprint density at radius 3 is 2.90 bits per heavy atom. The number of nitrogens with one attached hydrogen (secondary N) is 1. The van der Waals surface area contributed by atoms with Gasteiger partial charge in [-0.3, -0.25) is 0 Å². The second kappa shape index (κ2) is 6.67. The maximum absolute atomic E-state index is 11.3. The second-order valence-electron chi connectivity index (χ2n) is 3.94. The summed E-state index contributed by atoms with van der Waals surface area (Å²) in [6, 6.07) is 1.67. The van der Waals surface area contributed by atoms with Crippen LogP contribution in [0.2, 0.25) is 0 Å². The lowest BCUT2D eigenvalue weighted by Crippen LogP contribution is -2.00. The number of carbonyl (C=O) groups excluding carboxylic acids is 1. The number of carboxylic acid groups (broad SMARTS) is 1. The molecule has 0 aliphatic rings. The summed E-state index contributed by atoms with van der Waals surface area (Å²) < 4.78 is 4.60. The van der Waals surface area contributed by atoms with E-state index in [9.17, 15) is 9.59 Å². The summed E-state index contributed by atoms with van der Waals surface area (Å²) in [5.41, 5.74) is 1.19. The molecule has 21 heavy (non-hydrogen) atoms. The van der Waals surface area contributed by atoms with E-state index in [4.69, 9.17) is 5.11 Å². The standard InChI is InChI=1S/C14H12N2O4S/c1-20-14(19)11-6-9(7-15-11)2-4-12-16-8-10(21-12)3-5-13(17)18/h2-8,15H,1H3,(H,17,18)/b4-2+,5-3+. The van der Waals surface area contributed by atoms with Crippen molar-refractivity contribution >= 4 is 41.5 Å². The number of aliphatic carboxylic acids is 1. The maximum atomic E-state index is 11.3. The van der Waals surface area contributed by atoms with E-state index in [0.717, 1.165) is 21.5 Å². The third kappa shape index (κ3) is 4.15. The topological polar surface area (TPSA) is 92.3 Å². The molecule has 7 heteroatoms. The highest BCUT2D eigenvalue weighted by molar-refractivity contribution is 7.13. The molecule has 108 valence electrons. The van der Waals surface area contributed by atoms with Gasteiger partial charge in [-0.2, -0.15) is 0 Å². The highest BCUT2D eigenvalue weighted by Crippen LogP contribution is 2.17. The fourth-order valence-electron chi connectivity index (χ4n) is 1.51. The van der Waals surface area contributed by atoms with E-state index in [1.165, 1.54) is 24.5 Å². The lowest BCUT2D eigenvalue weighted by molar-refractivity contribution is -0.131. The molecule has 0 saturated heterocycles. The quantitative estimate of drug-likeness (QED) is 0.654. The Morgan fingerprint density at radius 1 is 1.38 bits per heavy atom. The molecule has 0 radical (unpaired) electrons. The molecule has 0 aromatic carbocycles. The zero-order valence-corrected chi connectivity index (χ0v) is 11.9. The van der Waals surface area contributed by atoms with Crippen molar-refractivity contribution in [2.24, 2.45) is 0 Å². The van der Waals surface area contributed by atoms with Crippen LogP contribution in [0.25, 0.3) is 18.2 Å². The average molecular weight is 304 g/mol. The Hall–Kier alpha value is -2.67. The average Bonchev–Trinajstić information content (AvgIpc) is 3.11. The van der Waals surface area contributed by atoms with Crippen LogP contribution < -0.4 is 0 Å². The van der Waals surface area contributed by atoms with Crippen molar-refractivity contribution in [2.75, 3.05) is 7.11 Å². The Balaban J connectivity index is 2.06. The minimum Gasteiger partial charge on any atom is -0.478 e. The highest BCUT2D eigenvalue weighted by Gasteiger charge is 2.06. The first-order valence-corrected chi connectivity index (χ1v) is 6.72. The molecule has 0 bridgehead atoms. The molecule has 0 saturated carbocycles. The predicted molar refractivity (Wildman–Crippen MR) is 79.8 cm³/mol. The van der Waals surface area contributed by atoms with Crippen molar-refractivity contribution in [3.63, 3.8) is 0 Å². The Morgan fingerprint density at radius 2 is 2.19 bits per heavy atom. The molecule has 2 N–H and O–H groups in total. The largest absolute Gasteiger partial charge is 0.478 e. The van der Waals surface area contributed by atoms with Gasteiger partial charge in [0.15, 0.2) is 0 Å². The zero-order valence-electron chi connectivity index (χ0n) is 11.1. The molecular formula is C14H12N2O4S. The molecule has 0 aliphatic heterocycles. The maximum Gasteiger partial charge on any atom is 0.354 e. The number of esters is 1. The summed E-state index contributed by atoms with van der Waals surface area (Å²) in [5.74, 6) is -1.42. The third-order valence-corrected chi connectivity index (χ3v) is 3.39. The molecule has 2 aromatic rings. The number of rotatable bonds is 5. The highest BCUT2D eigenvalue weighted by atomic mass is 32.1. The van der Waals surface area contributed by atoms with Gasteiger partial charge in [0.1, 0.15) is 10.7 Å². The van der Waals surface area contributed by atoms with Crippen LogP contribution in [0.15, 0.2) is 24.5 Å². The van der Waals surface area contributed by atoms with Gasteiger partial charge in [0.2, 0.25) is 0 Å². The number of H-pyrrole nitrogens is 1. The fourth-order valence-corrected chi connectivity index (χ4v) is 2.24. The number of carboxylic acids is 1. The van der Waals surface area contributed by atoms with Gasteiger partial charge in [-0.15, -0.1) is 11.3 Å². The van der Waals surface area contributed by atoms with Crippen molar-refractivity contribution in [2.45, 2.75) is 0 Å². The molecule has 0 unspecified atom stereocenters. The first-order valence-electron chi connectivity index (χ1n) is 5.90. The van der Waals surface area contributed by atoms with Crippen molar-refractivity contribution in [1.29, 1.82) is 0 Å². The van der Waals surface area contributed by atoms with Crippen molar-refractivity contribution < 1.29 is 19.4 Å². The smallest absolute Gasteiger partial charge is 0.354 e. The molecule has 0 spiro atoms. The number of methoxy groups -OCH3 is 1. The molecule has 6 nitrogen and oxygen atoms in total. The third-order valence-electron chi connectivity index (χ3n) is 2.46. The zero-order chi connectivity index (χ0) is 15.2. The molecule has 2 aromatic heterocycles. The molecule has 0 aliphatic carbocycles. The van der Waals surface area contributed by atoms with Gasteiger partial charge in [0.05, 0.1) is 7.11 Å². The number of carbonyl (C=O) groups is 2. The molecular weight excluding hydrogens is 292 g/mol. The van der Waals surface area contributed by atoms with Crippen LogP contribution in [0.1, 0.15) is 25.9 Å². The number of thiazole rings is 1. The van der Waals surface area contributed by atoms with Crippen LogP contribution in [0.3, 0.4) is 0 Å². The fraction of sp³-hybridized carbons (Fsp3) is 0.0714. The lowest BCUT2D eigenvalue weighted by atomic mass is 10.3. The molecule has 0 fully saturated rings. The van der Waals surface area contributed by atoms with Crippen LogP contribution in [0, 0.1) is 0 Å². The Kier molecular flexibility index (Phi) is 4.68. The molecule has 0 atom stereocenters. The first kappa shape index (κ1) is 14.7. The second-order valence-corrected chi connectivity index (χ2v) is 5.04. The number of ether oxygens (including phenoxy) is 1. The summed E-state index contributed by atoms with van der Waals surface area (Å²) in [6.45, 7) is 0. The van der Waals surface area contributed by atoms with Crippen molar-refractivity contribution in [3.05, 3.63) is 45.7 Å². The van der Waals surface area contributed by atoms with Gasteiger partial charge >= 0.3 is 11.9 Å². The summed E-state index contributed by atoms with van der Waals surface area (Å²) in [5, 5.41) is 9.28. The van der Waals surface area contributed by atoms with Crippen molar-refractivity contribution in [1.82, 2.24) is 9.97 Å². The van der Waals surface area contributed by atoms with Gasteiger partial charge in [-0.1, -0.05) is 6.08 Å². The van der Waals surface area contributed by atoms with Gasteiger partial charge < -0.3 is 14.8 Å². The molecule has 2 heterocycles. The summed E-state index contributed by atoms with van der Waals surface area (Å²) >= 11 is 1.36. The van der Waals surface area contributed by atoms with E-state index in [1.54, 1.807) is 30.6 Å². The summed E-state index contributed by atoms with van der Waals surface area (Å²) in [6.07, 6.45) is 9.42. The van der Waals surface area contributed by atoms with E-state index in [1.807, 2.05) is 0 Å². The number of aromatic amines is 1. The van der Waals surface area contributed by atoms with Crippen LogP contribution in [0.4, 0.5) is 0 Å². The van der Waals surface area contributed by atoms with Gasteiger partial charge in [0, 0.05) is 23.3 Å². The number of nitrogens with zero attached hydrogens (tertiary/aromatic N) is 1. The van der Waals surface area contributed by atoms with Crippen LogP contribution in [0.5, 0.6) is 0 Å².